The molecule has 1 fully saturated rings. The Balaban J connectivity index is 1.91. The van der Waals surface area contributed by atoms with Gasteiger partial charge in [0.05, 0.1) is 19.6 Å². The van der Waals surface area contributed by atoms with Crippen LogP contribution in [0.5, 0.6) is 0 Å². The van der Waals surface area contributed by atoms with Gasteiger partial charge in [0.25, 0.3) is 5.91 Å². The van der Waals surface area contributed by atoms with Crippen LogP contribution in [0.15, 0.2) is 24.3 Å². The monoisotopic (exact) mass is 305 g/mol. The Kier molecular flexibility index (Phi) is 5.80. The minimum atomic E-state index is -0.178. The Labute approximate surface area is 133 Å². The second kappa shape index (κ2) is 7.61. The first-order valence-electron chi connectivity index (χ1n) is 8.23. The summed E-state index contributed by atoms with van der Waals surface area (Å²) in [5.74, 6) is -0.178. The summed E-state index contributed by atoms with van der Waals surface area (Å²) in [4.78, 5) is 13.9. The highest BCUT2D eigenvalue weighted by molar-refractivity contribution is 5.74. The molecule has 1 aromatic carbocycles. The summed E-state index contributed by atoms with van der Waals surface area (Å²) in [6.07, 6.45) is 2.32. The maximum atomic E-state index is 11.4. The predicted molar refractivity (Wildman–Crippen MR) is 90.0 cm³/mol. The number of hydrogen-bond acceptors (Lipinski definition) is 3. The maximum Gasteiger partial charge on any atom is 0.272 e. The number of benzene rings is 1. The summed E-state index contributed by atoms with van der Waals surface area (Å²) in [6, 6.07) is 8.08. The second-order valence-electron chi connectivity index (χ2n) is 6.51. The van der Waals surface area contributed by atoms with Gasteiger partial charge in [-0.3, -0.25) is 9.69 Å². The minimum Gasteiger partial charge on any atom is -0.399 e. The third-order valence-electron chi connectivity index (χ3n) is 4.64. The van der Waals surface area contributed by atoms with Crippen molar-refractivity contribution in [3.05, 3.63) is 29.8 Å². The molecule has 1 saturated heterocycles. The average molecular weight is 305 g/mol. The van der Waals surface area contributed by atoms with Gasteiger partial charge in [0.1, 0.15) is 0 Å². The first-order valence-corrected chi connectivity index (χ1v) is 8.23. The van der Waals surface area contributed by atoms with Crippen LogP contribution >= 0.6 is 0 Å². The summed E-state index contributed by atoms with van der Waals surface area (Å²) >= 11 is 0. The summed E-state index contributed by atoms with van der Waals surface area (Å²) < 4.78 is 0.863. The van der Waals surface area contributed by atoms with Gasteiger partial charge in [-0.15, -0.1) is 0 Å². The molecule has 1 heterocycles. The van der Waals surface area contributed by atoms with E-state index in [0.29, 0.717) is 6.54 Å². The molecule has 0 aromatic heterocycles. The highest BCUT2D eigenvalue weighted by Crippen LogP contribution is 2.17. The van der Waals surface area contributed by atoms with Crippen LogP contribution in [0, 0.1) is 0 Å². The molecule has 4 N–H and O–H groups in total. The summed E-state index contributed by atoms with van der Waals surface area (Å²) in [5.41, 5.74) is 13.3. The maximum absolute atomic E-state index is 11.4. The molecular weight excluding hydrogens is 276 g/mol. The van der Waals surface area contributed by atoms with Crippen molar-refractivity contribution in [3.63, 3.8) is 0 Å². The fourth-order valence-corrected chi connectivity index (χ4v) is 3.25. The second-order valence-corrected chi connectivity index (χ2v) is 6.51. The lowest BCUT2D eigenvalue weighted by Gasteiger charge is -2.44. The predicted octanol–water partition coefficient (Wildman–Crippen LogP) is 1.19. The zero-order valence-electron chi connectivity index (χ0n) is 13.6. The molecule has 1 amide bonds. The zero-order valence-corrected chi connectivity index (χ0v) is 13.6. The number of nitrogens with two attached hydrogens (primary N) is 2. The Hall–Kier alpha value is -1.59. The number of hydrogen-bond donors (Lipinski definition) is 2. The van der Waals surface area contributed by atoms with Crippen molar-refractivity contribution in [2.75, 3.05) is 45.0 Å². The number of unbranched alkanes of at least 4 members (excludes halogenated alkanes) is 1. The van der Waals surface area contributed by atoms with Crippen LogP contribution in [0.3, 0.4) is 0 Å². The van der Waals surface area contributed by atoms with Gasteiger partial charge in [-0.05, 0) is 24.1 Å². The van der Waals surface area contributed by atoms with Crippen molar-refractivity contribution >= 4 is 11.6 Å². The first-order chi connectivity index (χ1) is 10.5. The highest BCUT2D eigenvalue weighted by atomic mass is 16.1. The number of quaternary nitrogens is 1. The van der Waals surface area contributed by atoms with E-state index in [4.69, 9.17) is 11.5 Å². The number of amides is 1. The third kappa shape index (κ3) is 4.71. The molecule has 0 bridgehead atoms. The number of piperazine rings is 1. The lowest BCUT2D eigenvalue weighted by Crippen LogP contribution is -2.62. The van der Waals surface area contributed by atoms with Gasteiger partial charge in [-0.1, -0.05) is 25.5 Å². The fourth-order valence-electron chi connectivity index (χ4n) is 3.25. The van der Waals surface area contributed by atoms with E-state index >= 15 is 0 Å². The largest absolute Gasteiger partial charge is 0.399 e. The Morgan fingerprint density at radius 2 is 1.86 bits per heavy atom. The van der Waals surface area contributed by atoms with Gasteiger partial charge < -0.3 is 16.0 Å². The number of carbonyl (C=O) groups excluding carboxylic acids is 1. The van der Waals surface area contributed by atoms with Gasteiger partial charge in [0.2, 0.25) is 0 Å². The molecule has 1 aliphatic rings. The molecule has 5 nitrogen and oxygen atoms in total. The standard InChI is InChI=1S/C17H28N4O/c1-2-3-10-21(14-17(19)22)11-8-20(9-12-21)13-15-4-6-16(18)7-5-15/h4-7H,2-3,8-14,18H2,1H3,(H-,19,22)/p+1. The number of nitrogens with zero attached hydrogens (tertiary/aromatic N) is 2. The van der Waals surface area contributed by atoms with E-state index in [1.165, 1.54) is 5.56 Å². The molecule has 22 heavy (non-hydrogen) atoms. The van der Waals surface area contributed by atoms with Crippen molar-refractivity contribution < 1.29 is 9.28 Å². The highest BCUT2D eigenvalue weighted by Gasteiger charge is 2.33. The lowest BCUT2D eigenvalue weighted by atomic mass is 10.1. The fraction of sp³-hybridized carbons (Fsp3) is 0.588. The number of carbonyl (C=O) groups is 1. The number of nitrogen functional groups attached to an aromatic ring is 1. The molecule has 0 unspecified atom stereocenters. The van der Waals surface area contributed by atoms with Crippen LogP contribution < -0.4 is 11.5 Å². The smallest absolute Gasteiger partial charge is 0.272 e. The van der Waals surface area contributed by atoms with Gasteiger partial charge in [0, 0.05) is 25.3 Å². The number of primary amides is 1. The summed E-state index contributed by atoms with van der Waals surface area (Å²) in [6.45, 7) is 8.74. The average Bonchev–Trinajstić information content (AvgIpc) is 2.49. The molecule has 122 valence electrons. The molecule has 1 aliphatic heterocycles. The van der Waals surface area contributed by atoms with Gasteiger partial charge in [-0.2, -0.15) is 0 Å². The normalized spacial score (nSPS) is 18.2. The van der Waals surface area contributed by atoms with Crippen LogP contribution in [0.25, 0.3) is 0 Å². The van der Waals surface area contributed by atoms with Crippen LogP contribution in [-0.2, 0) is 11.3 Å². The van der Waals surface area contributed by atoms with Crippen LogP contribution in [0.1, 0.15) is 25.3 Å². The number of anilines is 1. The molecule has 0 aliphatic carbocycles. The lowest BCUT2D eigenvalue weighted by molar-refractivity contribution is -0.925. The topological polar surface area (TPSA) is 72.4 Å². The van der Waals surface area contributed by atoms with E-state index in [1.54, 1.807) is 0 Å². The molecule has 1 aromatic rings. The zero-order chi connectivity index (χ0) is 16.0. The van der Waals surface area contributed by atoms with Crippen LogP contribution in [0.2, 0.25) is 0 Å². The molecule has 0 atom stereocenters. The molecule has 0 radical (unpaired) electrons. The Morgan fingerprint density at radius 1 is 1.23 bits per heavy atom. The first kappa shape index (κ1) is 16.8. The quantitative estimate of drug-likeness (QED) is 0.587. The number of rotatable bonds is 7. The molecule has 0 saturated carbocycles. The molecule has 0 spiro atoms. The molecular formula is C17H29N4O+. The summed E-state index contributed by atoms with van der Waals surface area (Å²) in [7, 11) is 0. The van der Waals surface area contributed by atoms with Crippen molar-refractivity contribution in [1.82, 2.24) is 4.90 Å². The van der Waals surface area contributed by atoms with Gasteiger partial charge in [0.15, 0.2) is 6.54 Å². The van der Waals surface area contributed by atoms with Gasteiger partial charge in [-0.25, -0.2) is 0 Å². The molecule has 2 rings (SSSR count). The van der Waals surface area contributed by atoms with Crippen LogP contribution in [0.4, 0.5) is 5.69 Å². The van der Waals surface area contributed by atoms with E-state index in [1.807, 2.05) is 12.1 Å². The Bertz CT molecular complexity index is 478. The van der Waals surface area contributed by atoms with Crippen molar-refractivity contribution in [3.8, 4) is 0 Å². The van der Waals surface area contributed by atoms with E-state index in [9.17, 15) is 4.79 Å². The van der Waals surface area contributed by atoms with Crippen LogP contribution in [-0.4, -0.2) is 54.6 Å². The van der Waals surface area contributed by atoms with Crippen molar-refractivity contribution in [1.29, 1.82) is 0 Å². The summed E-state index contributed by atoms with van der Waals surface area (Å²) in [5, 5.41) is 0. The van der Waals surface area contributed by atoms with E-state index in [0.717, 1.165) is 62.3 Å². The van der Waals surface area contributed by atoms with E-state index in [-0.39, 0.29) is 5.91 Å². The van der Waals surface area contributed by atoms with E-state index < -0.39 is 0 Å². The van der Waals surface area contributed by atoms with E-state index in [2.05, 4.69) is 24.0 Å². The minimum absolute atomic E-state index is 0.178. The molecule has 5 heteroatoms. The van der Waals surface area contributed by atoms with Crippen molar-refractivity contribution in [2.45, 2.75) is 26.3 Å². The SMILES string of the molecule is CCCC[N+]1(CC(N)=O)CCN(Cc2ccc(N)cc2)CC1. The van der Waals surface area contributed by atoms with Gasteiger partial charge >= 0.3 is 0 Å². The third-order valence-corrected chi connectivity index (χ3v) is 4.64. The Morgan fingerprint density at radius 3 is 2.41 bits per heavy atom. The van der Waals surface area contributed by atoms with Crippen molar-refractivity contribution in [2.24, 2.45) is 5.73 Å².